The van der Waals surface area contributed by atoms with Crippen molar-refractivity contribution in [1.29, 1.82) is 0 Å². The molecule has 16 heavy (non-hydrogen) atoms. The first-order valence-electron chi connectivity index (χ1n) is 6.26. The summed E-state index contributed by atoms with van der Waals surface area (Å²) in [5.41, 5.74) is 0. The zero-order chi connectivity index (χ0) is 12.0. The number of hydrogen-bond acceptors (Lipinski definition) is 3. The lowest BCUT2D eigenvalue weighted by Gasteiger charge is -2.33. The summed E-state index contributed by atoms with van der Waals surface area (Å²) in [6, 6.07) is 0.991. The van der Waals surface area contributed by atoms with Crippen LogP contribution in [0.4, 0.5) is 0 Å². The third-order valence-corrected chi connectivity index (χ3v) is 3.26. The zero-order valence-electron chi connectivity index (χ0n) is 10.4. The van der Waals surface area contributed by atoms with Crippen molar-refractivity contribution in [3.63, 3.8) is 0 Å². The topological polar surface area (TPSA) is 52.6 Å². The third kappa shape index (κ3) is 4.49. The van der Waals surface area contributed by atoms with E-state index in [1.165, 1.54) is 0 Å². The average molecular weight is 228 g/mol. The predicted octanol–water partition coefficient (Wildman–Crippen LogP) is 0.748. The molecule has 2 N–H and O–H groups in total. The summed E-state index contributed by atoms with van der Waals surface area (Å²) in [4.78, 5) is 13.1. The maximum absolute atomic E-state index is 11.1. The summed E-state index contributed by atoms with van der Waals surface area (Å²) < 4.78 is 0. The maximum atomic E-state index is 11.1. The molecule has 0 aromatic rings. The van der Waals surface area contributed by atoms with Crippen LogP contribution in [0, 0.1) is 0 Å². The molecule has 0 aliphatic carbocycles. The number of nitrogens with one attached hydrogen (secondary N) is 1. The molecule has 0 bridgehead atoms. The van der Waals surface area contributed by atoms with Crippen molar-refractivity contribution in [3.05, 3.63) is 0 Å². The Morgan fingerprint density at radius 2 is 2.12 bits per heavy atom. The lowest BCUT2D eigenvalue weighted by atomic mass is 10.0. The minimum Gasteiger partial charge on any atom is -0.396 e. The van der Waals surface area contributed by atoms with E-state index in [-0.39, 0.29) is 12.5 Å². The molecule has 4 nitrogen and oxygen atoms in total. The molecule has 1 aliphatic rings. The first kappa shape index (κ1) is 13.5. The van der Waals surface area contributed by atoms with Gasteiger partial charge in [-0.05, 0) is 32.6 Å². The van der Waals surface area contributed by atoms with E-state index in [2.05, 4.69) is 12.2 Å². The molecule has 0 saturated carbocycles. The molecule has 1 fully saturated rings. The summed E-state index contributed by atoms with van der Waals surface area (Å²) in [5, 5.41) is 12.3. The number of piperidine rings is 1. The second kappa shape index (κ2) is 6.86. The average Bonchev–Trinajstić information content (AvgIpc) is 2.27. The summed E-state index contributed by atoms with van der Waals surface area (Å²) in [5.74, 6) is 0.187. The molecule has 0 aromatic carbocycles. The van der Waals surface area contributed by atoms with Crippen molar-refractivity contribution in [2.24, 2.45) is 0 Å². The number of carbonyl (C=O) groups excluding carboxylic acids is 1. The molecule has 1 aliphatic heterocycles. The third-order valence-electron chi connectivity index (χ3n) is 3.26. The Balaban J connectivity index is 2.18. The molecule has 1 saturated heterocycles. The molecule has 4 heteroatoms. The molecule has 1 amide bonds. The second-order valence-electron chi connectivity index (χ2n) is 4.71. The van der Waals surface area contributed by atoms with Crippen LogP contribution < -0.4 is 5.32 Å². The van der Waals surface area contributed by atoms with Crippen LogP contribution in [-0.4, -0.2) is 47.7 Å². The molecule has 0 aromatic heterocycles. The number of aliphatic hydroxyl groups excluding tert-OH is 1. The molecular weight excluding hydrogens is 204 g/mol. The molecule has 1 atom stereocenters. The second-order valence-corrected chi connectivity index (χ2v) is 4.71. The van der Waals surface area contributed by atoms with E-state index in [9.17, 15) is 4.79 Å². The van der Waals surface area contributed by atoms with Crippen molar-refractivity contribution >= 4 is 5.91 Å². The summed E-state index contributed by atoms with van der Waals surface area (Å²) >= 11 is 0. The molecule has 0 spiro atoms. The highest BCUT2D eigenvalue weighted by atomic mass is 16.2. The van der Waals surface area contributed by atoms with E-state index in [0.717, 1.165) is 38.8 Å². The van der Waals surface area contributed by atoms with E-state index < -0.39 is 0 Å². The highest BCUT2D eigenvalue weighted by Crippen LogP contribution is 2.11. The van der Waals surface area contributed by atoms with Gasteiger partial charge in [0.15, 0.2) is 0 Å². The first-order valence-corrected chi connectivity index (χ1v) is 6.26. The number of carbonyl (C=O) groups is 1. The smallest absolute Gasteiger partial charge is 0.219 e. The minimum absolute atomic E-state index is 0.187. The van der Waals surface area contributed by atoms with E-state index in [1.807, 2.05) is 4.90 Å². The summed E-state index contributed by atoms with van der Waals surface area (Å²) in [6.07, 6.45) is 3.97. The largest absolute Gasteiger partial charge is 0.396 e. The number of aliphatic hydroxyl groups is 1. The van der Waals surface area contributed by atoms with Gasteiger partial charge in [-0.1, -0.05) is 0 Å². The van der Waals surface area contributed by atoms with Gasteiger partial charge in [0, 0.05) is 38.7 Å². The Labute approximate surface area is 98.0 Å². The van der Waals surface area contributed by atoms with Gasteiger partial charge in [0.2, 0.25) is 5.91 Å². The summed E-state index contributed by atoms with van der Waals surface area (Å²) in [7, 11) is 0. The van der Waals surface area contributed by atoms with Crippen molar-refractivity contribution < 1.29 is 9.90 Å². The van der Waals surface area contributed by atoms with E-state index >= 15 is 0 Å². The Kier molecular flexibility index (Phi) is 5.77. The van der Waals surface area contributed by atoms with E-state index in [0.29, 0.717) is 12.1 Å². The van der Waals surface area contributed by atoms with Crippen molar-refractivity contribution in [3.8, 4) is 0 Å². The van der Waals surface area contributed by atoms with Gasteiger partial charge in [-0.2, -0.15) is 0 Å². The van der Waals surface area contributed by atoms with Crippen LogP contribution in [0.2, 0.25) is 0 Å². The standard InChI is InChI=1S/C12H24N2O2/c1-10(4-3-9-15)13-12-5-7-14(8-6-12)11(2)16/h10,12-13,15H,3-9H2,1-2H3. The molecule has 0 radical (unpaired) electrons. The Hall–Kier alpha value is -0.610. The van der Waals surface area contributed by atoms with Gasteiger partial charge in [0.25, 0.3) is 0 Å². The van der Waals surface area contributed by atoms with E-state index in [4.69, 9.17) is 5.11 Å². The van der Waals surface area contributed by atoms with Crippen LogP contribution in [0.5, 0.6) is 0 Å². The number of nitrogens with zero attached hydrogens (tertiary/aromatic N) is 1. The zero-order valence-corrected chi connectivity index (χ0v) is 10.4. The van der Waals surface area contributed by atoms with Crippen LogP contribution >= 0.6 is 0 Å². The van der Waals surface area contributed by atoms with Crippen molar-refractivity contribution in [1.82, 2.24) is 10.2 Å². The normalized spacial score (nSPS) is 19.8. The monoisotopic (exact) mass is 228 g/mol. The van der Waals surface area contributed by atoms with Crippen LogP contribution in [0.25, 0.3) is 0 Å². The molecular formula is C12H24N2O2. The Morgan fingerprint density at radius 3 is 2.62 bits per heavy atom. The fourth-order valence-corrected chi connectivity index (χ4v) is 2.24. The SMILES string of the molecule is CC(=O)N1CCC(NC(C)CCCO)CC1. The molecule has 1 heterocycles. The van der Waals surface area contributed by atoms with Crippen LogP contribution in [-0.2, 0) is 4.79 Å². The van der Waals surface area contributed by atoms with Gasteiger partial charge in [-0.15, -0.1) is 0 Å². The highest BCUT2D eigenvalue weighted by Gasteiger charge is 2.21. The van der Waals surface area contributed by atoms with Crippen LogP contribution in [0.3, 0.4) is 0 Å². The lowest BCUT2D eigenvalue weighted by molar-refractivity contribution is -0.129. The number of likely N-dealkylation sites (tertiary alicyclic amines) is 1. The Bertz CT molecular complexity index is 213. The minimum atomic E-state index is 0.187. The number of amides is 1. The quantitative estimate of drug-likeness (QED) is 0.730. The van der Waals surface area contributed by atoms with Gasteiger partial charge in [0.1, 0.15) is 0 Å². The molecule has 94 valence electrons. The lowest BCUT2D eigenvalue weighted by Crippen LogP contribution is -2.46. The predicted molar refractivity (Wildman–Crippen MR) is 64.2 cm³/mol. The van der Waals surface area contributed by atoms with Gasteiger partial charge in [0.05, 0.1) is 0 Å². The number of rotatable bonds is 5. The van der Waals surface area contributed by atoms with Crippen LogP contribution in [0.15, 0.2) is 0 Å². The van der Waals surface area contributed by atoms with Crippen molar-refractivity contribution in [2.75, 3.05) is 19.7 Å². The van der Waals surface area contributed by atoms with Gasteiger partial charge >= 0.3 is 0 Å². The number of hydrogen-bond donors (Lipinski definition) is 2. The van der Waals surface area contributed by atoms with Gasteiger partial charge in [-0.25, -0.2) is 0 Å². The maximum Gasteiger partial charge on any atom is 0.219 e. The summed E-state index contributed by atoms with van der Waals surface area (Å²) in [6.45, 7) is 5.82. The van der Waals surface area contributed by atoms with E-state index in [1.54, 1.807) is 6.92 Å². The first-order chi connectivity index (χ1) is 7.63. The van der Waals surface area contributed by atoms with Gasteiger partial charge in [-0.3, -0.25) is 4.79 Å². The van der Waals surface area contributed by atoms with Crippen molar-refractivity contribution in [2.45, 2.75) is 51.6 Å². The molecule has 1 unspecified atom stereocenters. The fraction of sp³-hybridized carbons (Fsp3) is 0.917. The molecule has 1 rings (SSSR count). The van der Waals surface area contributed by atoms with Crippen LogP contribution in [0.1, 0.15) is 39.5 Å². The Morgan fingerprint density at radius 1 is 1.50 bits per heavy atom. The van der Waals surface area contributed by atoms with Gasteiger partial charge < -0.3 is 15.3 Å². The fourth-order valence-electron chi connectivity index (χ4n) is 2.24. The highest BCUT2D eigenvalue weighted by molar-refractivity contribution is 5.73.